The van der Waals surface area contributed by atoms with E-state index in [0.717, 1.165) is 33.5 Å². The fourth-order valence-corrected chi connectivity index (χ4v) is 2.92. The van der Waals surface area contributed by atoms with Gasteiger partial charge in [0.2, 0.25) is 0 Å². The van der Waals surface area contributed by atoms with Crippen LogP contribution in [0.4, 0.5) is 11.5 Å². The number of aryl methyl sites for hydroxylation is 1. The molecule has 0 spiro atoms. The quantitative estimate of drug-likeness (QED) is 0.474. The topological polar surface area (TPSA) is 115 Å². The van der Waals surface area contributed by atoms with Gasteiger partial charge in [-0.05, 0) is 42.8 Å². The van der Waals surface area contributed by atoms with Gasteiger partial charge in [0.25, 0.3) is 0 Å². The van der Waals surface area contributed by atoms with Crippen LogP contribution in [0.2, 0.25) is 0 Å². The summed E-state index contributed by atoms with van der Waals surface area (Å²) in [6.45, 7) is 2.98. The first kappa shape index (κ1) is 17.9. The molecule has 0 radical (unpaired) electrons. The molecule has 4 N–H and O–H groups in total. The van der Waals surface area contributed by atoms with Gasteiger partial charge in [-0.15, -0.1) is 0 Å². The highest BCUT2D eigenvalue weighted by Gasteiger charge is 2.08. The third kappa shape index (κ3) is 3.77. The van der Waals surface area contributed by atoms with Crippen LogP contribution in [0.5, 0.6) is 0 Å². The van der Waals surface area contributed by atoms with Crippen molar-refractivity contribution in [3.05, 3.63) is 60.2 Å². The van der Waals surface area contributed by atoms with E-state index in [4.69, 9.17) is 10.8 Å². The molecule has 4 aromatic rings. The van der Waals surface area contributed by atoms with E-state index in [9.17, 15) is 0 Å². The molecule has 0 aliphatic rings. The molecule has 0 bridgehead atoms. The van der Waals surface area contributed by atoms with Gasteiger partial charge in [0.05, 0.1) is 54.0 Å². The van der Waals surface area contributed by atoms with Gasteiger partial charge in [-0.25, -0.2) is 9.97 Å². The largest absolute Gasteiger partial charge is 0.396 e. The van der Waals surface area contributed by atoms with Crippen LogP contribution in [-0.4, -0.2) is 36.4 Å². The molecule has 4 aromatic heterocycles. The molecule has 8 nitrogen and oxygen atoms in total. The number of rotatable bonds is 6. The van der Waals surface area contributed by atoms with Crippen LogP contribution in [-0.2, 0) is 13.1 Å². The lowest BCUT2D eigenvalue weighted by Crippen LogP contribution is -2.06. The van der Waals surface area contributed by atoms with Crippen molar-refractivity contribution in [2.75, 3.05) is 17.7 Å². The fraction of sp³-hybridized carbons (Fsp3) is 0.200. The molecule has 0 aliphatic carbocycles. The second-order valence-corrected chi connectivity index (χ2v) is 6.56. The maximum absolute atomic E-state index is 9.03. The lowest BCUT2D eigenvalue weighted by Gasteiger charge is -2.10. The van der Waals surface area contributed by atoms with Gasteiger partial charge in [-0.1, -0.05) is 0 Å². The molecular formula is C20H21N7O. The normalized spacial score (nSPS) is 11.1. The number of nitrogen functional groups attached to an aromatic ring is 1. The molecule has 0 unspecified atom stereocenters. The van der Waals surface area contributed by atoms with E-state index >= 15 is 0 Å². The van der Waals surface area contributed by atoms with Gasteiger partial charge < -0.3 is 16.2 Å². The van der Waals surface area contributed by atoms with E-state index in [1.54, 1.807) is 10.9 Å². The van der Waals surface area contributed by atoms with Crippen molar-refractivity contribution in [2.24, 2.45) is 0 Å². The summed E-state index contributed by atoms with van der Waals surface area (Å²) < 4.78 is 1.68. The summed E-state index contributed by atoms with van der Waals surface area (Å²) in [5.41, 5.74) is 12.0. The number of hydrogen-bond acceptors (Lipinski definition) is 7. The van der Waals surface area contributed by atoms with Gasteiger partial charge in [0.15, 0.2) is 0 Å². The van der Waals surface area contributed by atoms with Gasteiger partial charge in [-0.3, -0.25) is 9.67 Å². The molecule has 0 aliphatic heterocycles. The fourth-order valence-electron chi connectivity index (χ4n) is 2.92. The number of nitrogens with two attached hydrogens (primary N) is 1. The minimum atomic E-state index is 0.0386. The van der Waals surface area contributed by atoms with Crippen molar-refractivity contribution in [3.8, 4) is 11.3 Å². The van der Waals surface area contributed by atoms with Gasteiger partial charge in [0.1, 0.15) is 5.82 Å². The second-order valence-electron chi connectivity index (χ2n) is 6.56. The Balaban J connectivity index is 1.54. The monoisotopic (exact) mass is 375 g/mol. The first-order valence-corrected chi connectivity index (χ1v) is 8.99. The predicted octanol–water partition coefficient (Wildman–Crippen LogP) is 2.38. The van der Waals surface area contributed by atoms with Gasteiger partial charge in [-0.2, -0.15) is 5.10 Å². The minimum Gasteiger partial charge on any atom is -0.396 e. The van der Waals surface area contributed by atoms with Crippen LogP contribution in [0.1, 0.15) is 11.3 Å². The van der Waals surface area contributed by atoms with Crippen molar-refractivity contribution < 1.29 is 5.11 Å². The SMILES string of the molecule is Cc1cnc2ccc(CNc3nc(-c4cnn(CCO)c4)ccc3N)nc2c1. The average molecular weight is 375 g/mol. The minimum absolute atomic E-state index is 0.0386. The number of aromatic nitrogens is 5. The molecule has 4 heterocycles. The van der Waals surface area contributed by atoms with Crippen molar-refractivity contribution >= 4 is 22.5 Å². The van der Waals surface area contributed by atoms with Gasteiger partial charge >= 0.3 is 0 Å². The Bertz CT molecular complexity index is 1120. The van der Waals surface area contributed by atoms with E-state index in [1.807, 2.05) is 49.6 Å². The number of pyridine rings is 3. The summed E-state index contributed by atoms with van der Waals surface area (Å²) in [5, 5.41) is 16.5. The van der Waals surface area contributed by atoms with E-state index in [0.29, 0.717) is 24.6 Å². The highest BCUT2D eigenvalue weighted by Crippen LogP contribution is 2.23. The van der Waals surface area contributed by atoms with Crippen molar-refractivity contribution in [1.82, 2.24) is 24.7 Å². The summed E-state index contributed by atoms with van der Waals surface area (Å²) in [6.07, 6.45) is 5.40. The molecule has 0 amide bonds. The number of hydrogen-bond donors (Lipinski definition) is 3. The van der Waals surface area contributed by atoms with Crippen molar-refractivity contribution in [2.45, 2.75) is 20.0 Å². The van der Waals surface area contributed by atoms with E-state index < -0.39 is 0 Å². The standard InChI is InChI=1S/C20H21N7O/c1-13-8-19-18(22-9-13)4-2-15(25-19)11-23-20-16(21)3-5-17(26-20)14-10-24-27(12-14)6-7-28/h2-5,8-10,12,28H,6-7,11,21H2,1H3,(H,23,26). The number of fused-ring (bicyclic) bond motifs is 1. The Morgan fingerprint density at radius 1 is 1.11 bits per heavy atom. The van der Waals surface area contributed by atoms with Crippen LogP contribution >= 0.6 is 0 Å². The molecule has 0 saturated carbocycles. The van der Waals surface area contributed by atoms with Crippen LogP contribution in [0, 0.1) is 6.92 Å². The second kappa shape index (κ2) is 7.61. The van der Waals surface area contributed by atoms with Crippen LogP contribution in [0.3, 0.4) is 0 Å². The molecule has 4 rings (SSSR count). The molecule has 0 fully saturated rings. The number of aliphatic hydroxyl groups excluding tert-OH is 1. The Morgan fingerprint density at radius 2 is 2.00 bits per heavy atom. The number of anilines is 2. The molecule has 142 valence electrons. The summed E-state index contributed by atoms with van der Waals surface area (Å²) >= 11 is 0. The maximum atomic E-state index is 9.03. The Labute approximate surface area is 162 Å². The zero-order valence-electron chi connectivity index (χ0n) is 15.5. The molecule has 0 atom stereocenters. The third-order valence-corrected chi connectivity index (χ3v) is 4.35. The van der Waals surface area contributed by atoms with Crippen LogP contribution in [0.15, 0.2) is 48.9 Å². The number of aliphatic hydroxyl groups is 1. The van der Waals surface area contributed by atoms with E-state index in [2.05, 4.69) is 25.4 Å². The van der Waals surface area contributed by atoms with Crippen LogP contribution < -0.4 is 11.1 Å². The molecule has 8 heteroatoms. The smallest absolute Gasteiger partial charge is 0.150 e. The Morgan fingerprint density at radius 3 is 2.86 bits per heavy atom. The van der Waals surface area contributed by atoms with Gasteiger partial charge in [0, 0.05) is 18.0 Å². The molecule has 0 aromatic carbocycles. The Kier molecular flexibility index (Phi) is 4.86. The highest BCUT2D eigenvalue weighted by atomic mass is 16.3. The summed E-state index contributed by atoms with van der Waals surface area (Å²) in [5.74, 6) is 0.594. The van der Waals surface area contributed by atoms with Crippen LogP contribution in [0.25, 0.3) is 22.3 Å². The highest BCUT2D eigenvalue weighted by molar-refractivity contribution is 5.74. The summed E-state index contributed by atoms with van der Waals surface area (Å²) in [4.78, 5) is 13.6. The molecular weight excluding hydrogens is 354 g/mol. The van der Waals surface area contributed by atoms with Crippen molar-refractivity contribution in [3.63, 3.8) is 0 Å². The first-order valence-electron chi connectivity index (χ1n) is 8.99. The maximum Gasteiger partial charge on any atom is 0.150 e. The Hall–Kier alpha value is -3.52. The average Bonchev–Trinajstić information content (AvgIpc) is 3.16. The number of nitrogens with one attached hydrogen (secondary N) is 1. The lowest BCUT2D eigenvalue weighted by molar-refractivity contribution is 0.269. The molecule has 28 heavy (non-hydrogen) atoms. The third-order valence-electron chi connectivity index (χ3n) is 4.35. The summed E-state index contributed by atoms with van der Waals surface area (Å²) in [6, 6.07) is 9.58. The van der Waals surface area contributed by atoms with E-state index in [-0.39, 0.29) is 6.61 Å². The first-order chi connectivity index (χ1) is 13.6. The summed E-state index contributed by atoms with van der Waals surface area (Å²) in [7, 11) is 0. The zero-order chi connectivity index (χ0) is 19.5. The lowest BCUT2D eigenvalue weighted by atomic mass is 10.2. The van der Waals surface area contributed by atoms with E-state index in [1.165, 1.54) is 0 Å². The predicted molar refractivity (Wildman–Crippen MR) is 109 cm³/mol. The molecule has 0 saturated heterocycles. The number of nitrogens with zero attached hydrogens (tertiary/aromatic N) is 5. The van der Waals surface area contributed by atoms with Crippen molar-refractivity contribution in [1.29, 1.82) is 0 Å². The zero-order valence-corrected chi connectivity index (χ0v) is 15.5.